The molecule has 0 unspecified atom stereocenters. The van der Waals surface area contributed by atoms with Gasteiger partial charge in [0, 0.05) is 5.39 Å². The van der Waals surface area contributed by atoms with E-state index >= 15 is 0 Å². The number of ether oxygens (including phenoxy) is 1. The Labute approximate surface area is 119 Å². The molecule has 2 nitrogen and oxygen atoms in total. The Morgan fingerprint density at radius 2 is 1.90 bits per heavy atom. The van der Waals surface area contributed by atoms with Crippen LogP contribution in [0.5, 0.6) is 5.75 Å². The van der Waals surface area contributed by atoms with Crippen LogP contribution in [0.15, 0.2) is 36.4 Å². The van der Waals surface area contributed by atoms with Crippen molar-refractivity contribution in [3.63, 3.8) is 0 Å². The lowest BCUT2D eigenvalue weighted by molar-refractivity contribution is 0.210. The number of hydrogen-bond acceptors (Lipinski definition) is 2. The van der Waals surface area contributed by atoms with Gasteiger partial charge in [-0.25, -0.2) is 0 Å². The van der Waals surface area contributed by atoms with E-state index < -0.39 is 0 Å². The highest BCUT2D eigenvalue weighted by molar-refractivity contribution is 5.90. The van der Waals surface area contributed by atoms with Gasteiger partial charge in [0.25, 0.3) is 0 Å². The zero-order valence-electron chi connectivity index (χ0n) is 11.4. The van der Waals surface area contributed by atoms with E-state index in [1.54, 1.807) is 0 Å². The summed E-state index contributed by atoms with van der Waals surface area (Å²) in [6.45, 7) is -0.133. The van der Waals surface area contributed by atoms with Crippen LogP contribution in [0.4, 0.5) is 0 Å². The van der Waals surface area contributed by atoms with E-state index in [-0.39, 0.29) is 6.61 Å². The van der Waals surface area contributed by atoms with Crippen LogP contribution in [-0.4, -0.2) is 17.8 Å². The SMILES string of the molecule is OCC#Cc1c(OC2CCCC2)ccc2ccccc12. The second-order valence-corrected chi connectivity index (χ2v) is 5.14. The smallest absolute Gasteiger partial charge is 0.135 e. The first-order valence-corrected chi connectivity index (χ1v) is 7.16. The summed E-state index contributed by atoms with van der Waals surface area (Å²) in [6, 6.07) is 12.2. The summed E-state index contributed by atoms with van der Waals surface area (Å²) < 4.78 is 6.13. The van der Waals surface area contributed by atoms with Crippen LogP contribution < -0.4 is 4.74 Å². The zero-order valence-corrected chi connectivity index (χ0v) is 11.4. The Kier molecular flexibility index (Phi) is 3.90. The molecular weight excluding hydrogens is 248 g/mol. The molecule has 0 amide bonds. The van der Waals surface area contributed by atoms with Crippen LogP contribution in [0.2, 0.25) is 0 Å². The minimum atomic E-state index is -0.133. The van der Waals surface area contributed by atoms with Gasteiger partial charge >= 0.3 is 0 Å². The lowest BCUT2D eigenvalue weighted by atomic mass is 10.0. The van der Waals surface area contributed by atoms with Gasteiger partial charge < -0.3 is 9.84 Å². The maximum Gasteiger partial charge on any atom is 0.135 e. The Balaban J connectivity index is 2.05. The van der Waals surface area contributed by atoms with E-state index in [9.17, 15) is 0 Å². The topological polar surface area (TPSA) is 29.5 Å². The summed E-state index contributed by atoms with van der Waals surface area (Å²) >= 11 is 0. The zero-order chi connectivity index (χ0) is 13.8. The van der Waals surface area contributed by atoms with Crippen molar-refractivity contribution in [2.24, 2.45) is 0 Å². The number of benzene rings is 2. The van der Waals surface area contributed by atoms with Crippen molar-refractivity contribution in [3.05, 3.63) is 42.0 Å². The van der Waals surface area contributed by atoms with E-state index in [4.69, 9.17) is 9.84 Å². The summed E-state index contributed by atoms with van der Waals surface area (Å²) in [5.74, 6) is 6.65. The van der Waals surface area contributed by atoms with E-state index in [0.717, 1.165) is 34.9 Å². The maximum absolute atomic E-state index is 8.96. The Morgan fingerprint density at radius 3 is 2.70 bits per heavy atom. The molecule has 102 valence electrons. The first kappa shape index (κ1) is 13.0. The predicted molar refractivity (Wildman–Crippen MR) is 80.8 cm³/mol. The summed E-state index contributed by atoms with van der Waals surface area (Å²) in [5, 5.41) is 11.2. The van der Waals surface area contributed by atoms with E-state index in [1.807, 2.05) is 18.2 Å². The van der Waals surface area contributed by atoms with Gasteiger partial charge in [0.1, 0.15) is 12.4 Å². The molecule has 0 spiro atoms. The van der Waals surface area contributed by atoms with Crippen LogP contribution in [-0.2, 0) is 0 Å². The largest absolute Gasteiger partial charge is 0.489 e. The minimum Gasteiger partial charge on any atom is -0.489 e. The van der Waals surface area contributed by atoms with Crippen molar-refractivity contribution < 1.29 is 9.84 Å². The van der Waals surface area contributed by atoms with Gasteiger partial charge in [-0.1, -0.05) is 42.2 Å². The van der Waals surface area contributed by atoms with E-state index in [0.29, 0.717) is 6.10 Å². The van der Waals surface area contributed by atoms with Crippen LogP contribution in [0.1, 0.15) is 31.2 Å². The molecule has 0 radical (unpaired) electrons. The second-order valence-electron chi connectivity index (χ2n) is 5.14. The molecule has 0 heterocycles. The van der Waals surface area contributed by atoms with Crippen LogP contribution in [0.25, 0.3) is 10.8 Å². The van der Waals surface area contributed by atoms with Gasteiger partial charge in [-0.05, 0) is 37.1 Å². The normalized spacial score (nSPS) is 15.1. The fourth-order valence-electron chi connectivity index (χ4n) is 2.79. The Hall–Kier alpha value is -1.98. The average Bonchev–Trinajstić information content (AvgIpc) is 2.99. The molecule has 2 aromatic carbocycles. The summed E-state index contributed by atoms with van der Waals surface area (Å²) in [5.41, 5.74) is 0.893. The molecule has 1 saturated carbocycles. The third-order valence-corrected chi connectivity index (χ3v) is 3.78. The molecule has 2 aromatic rings. The highest BCUT2D eigenvalue weighted by Crippen LogP contribution is 2.31. The van der Waals surface area contributed by atoms with Crippen molar-refractivity contribution in [2.75, 3.05) is 6.61 Å². The molecule has 0 aromatic heterocycles. The quantitative estimate of drug-likeness (QED) is 0.843. The highest BCUT2D eigenvalue weighted by atomic mass is 16.5. The fraction of sp³-hybridized carbons (Fsp3) is 0.333. The van der Waals surface area contributed by atoms with Crippen LogP contribution in [0.3, 0.4) is 0 Å². The lowest BCUT2D eigenvalue weighted by Crippen LogP contribution is -2.11. The molecule has 20 heavy (non-hydrogen) atoms. The molecule has 1 aliphatic rings. The molecule has 1 fully saturated rings. The molecule has 2 heteroatoms. The van der Waals surface area contributed by atoms with Crippen LogP contribution >= 0.6 is 0 Å². The predicted octanol–water partition coefficient (Wildman–Crippen LogP) is 3.51. The number of rotatable bonds is 2. The Bertz CT molecular complexity index is 658. The molecule has 1 N–H and O–H groups in total. The van der Waals surface area contributed by atoms with Gasteiger partial charge in [0.2, 0.25) is 0 Å². The summed E-state index contributed by atoms with van der Waals surface area (Å²) in [4.78, 5) is 0. The summed E-state index contributed by atoms with van der Waals surface area (Å²) in [7, 11) is 0. The number of aliphatic hydroxyl groups excluding tert-OH is 1. The van der Waals surface area contributed by atoms with Crippen molar-refractivity contribution in [3.8, 4) is 17.6 Å². The standard InChI is InChI=1S/C18H18O2/c19-13-5-10-17-16-9-4-1-6-14(16)11-12-18(17)20-15-7-2-3-8-15/h1,4,6,9,11-12,15,19H,2-3,7-8,13H2. The monoisotopic (exact) mass is 266 g/mol. The molecule has 0 saturated heterocycles. The van der Waals surface area contributed by atoms with Gasteiger partial charge in [0.15, 0.2) is 0 Å². The van der Waals surface area contributed by atoms with Crippen LogP contribution in [0, 0.1) is 11.8 Å². The first-order chi connectivity index (χ1) is 9.88. The Morgan fingerprint density at radius 1 is 1.10 bits per heavy atom. The number of aliphatic hydroxyl groups is 1. The van der Waals surface area contributed by atoms with Gasteiger partial charge in [-0.2, -0.15) is 0 Å². The maximum atomic E-state index is 8.96. The number of fused-ring (bicyclic) bond motifs is 1. The fourth-order valence-corrected chi connectivity index (χ4v) is 2.79. The number of hydrogen-bond donors (Lipinski definition) is 1. The molecule has 3 rings (SSSR count). The summed E-state index contributed by atoms with van der Waals surface area (Å²) in [6.07, 6.45) is 5.05. The third-order valence-electron chi connectivity index (χ3n) is 3.78. The highest BCUT2D eigenvalue weighted by Gasteiger charge is 2.18. The van der Waals surface area contributed by atoms with Crippen molar-refractivity contribution in [2.45, 2.75) is 31.8 Å². The molecule has 0 atom stereocenters. The molecule has 0 aliphatic heterocycles. The van der Waals surface area contributed by atoms with Crippen molar-refractivity contribution in [1.82, 2.24) is 0 Å². The van der Waals surface area contributed by atoms with Gasteiger partial charge in [0.05, 0.1) is 11.7 Å². The first-order valence-electron chi connectivity index (χ1n) is 7.16. The average molecular weight is 266 g/mol. The molecular formula is C18H18O2. The second kappa shape index (κ2) is 5.98. The molecule has 1 aliphatic carbocycles. The van der Waals surface area contributed by atoms with E-state index in [2.05, 4.69) is 30.0 Å². The molecule has 0 bridgehead atoms. The minimum absolute atomic E-state index is 0.133. The van der Waals surface area contributed by atoms with Gasteiger partial charge in [-0.15, -0.1) is 0 Å². The third kappa shape index (κ3) is 2.64. The lowest BCUT2D eigenvalue weighted by Gasteiger charge is -2.15. The van der Waals surface area contributed by atoms with Gasteiger partial charge in [-0.3, -0.25) is 0 Å². The van der Waals surface area contributed by atoms with E-state index in [1.165, 1.54) is 12.8 Å². The van der Waals surface area contributed by atoms with Crippen molar-refractivity contribution >= 4 is 10.8 Å². The van der Waals surface area contributed by atoms with Crippen molar-refractivity contribution in [1.29, 1.82) is 0 Å².